The molecule has 0 fully saturated rings. The van der Waals surface area contributed by atoms with Crippen molar-refractivity contribution in [3.05, 3.63) is 60.2 Å². The van der Waals surface area contributed by atoms with Gasteiger partial charge in [0.2, 0.25) is 0 Å². The van der Waals surface area contributed by atoms with E-state index in [9.17, 15) is 4.79 Å². The molecule has 0 aromatic heterocycles. The molecular formula is C17H19NO2. The predicted molar refractivity (Wildman–Crippen MR) is 81.0 cm³/mol. The molecule has 0 saturated heterocycles. The molecule has 2 rings (SSSR count). The van der Waals surface area contributed by atoms with Crippen LogP contribution in [0.25, 0.3) is 0 Å². The second-order valence-corrected chi connectivity index (χ2v) is 4.57. The van der Waals surface area contributed by atoms with Gasteiger partial charge in [-0.3, -0.25) is 4.79 Å². The zero-order valence-electron chi connectivity index (χ0n) is 11.8. The summed E-state index contributed by atoms with van der Waals surface area (Å²) in [6.45, 7) is 3.81. The van der Waals surface area contributed by atoms with Gasteiger partial charge in [-0.05, 0) is 37.1 Å². The number of carbonyl (C=O) groups is 1. The number of rotatable bonds is 5. The van der Waals surface area contributed by atoms with Gasteiger partial charge in [-0.2, -0.15) is 0 Å². The van der Waals surface area contributed by atoms with Gasteiger partial charge in [0.05, 0.1) is 0 Å². The lowest BCUT2D eigenvalue weighted by atomic mass is 10.1. The topological polar surface area (TPSA) is 38.3 Å². The number of carbonyl (C=O) groups excluding carboxylic acids is 1. The van der Waals surface area contributed by atoms with Gasteiger partial charge in [-0.25, -0.2) is 0 Å². The summed E-state index contributed by atoms with van der Waals surface area (Å²) in [5, 5.41) is 2.92. The SMILES string of the molecule is CCc1ccccc1NC(=O)[C@@H](C)Oc1ccccc1. The number of amides is 1. The van der Waals surface area contributed by atoms with E-state index in [2.05, 4.69) is 12.2 Å². The molecule has 0 aliphatic rings. The third-order valence-corrected chi connectivity index (χ3v) is 3.08. The zero-order chi connectivity index (χ0) is 14.4. The number of para-hydroxylation sites is 2. The summed E-state index contributed by atoms with van der Waals surface area (Å²) in [4.78, 5) is 12.1. The molecule has 0 aliphatic heterocycles. The van der Waals surface area contributed by atoms with E-state index >= 15 is 0 Å². The Kier molecular flexibility index (Phi) is 4.77. The van der Waals surface area contributed by atoms with Crippen LogP contribution in [0.5, 0.6) is 5.75 Å². The van der Waals surface area contributed by atoms with Crippen LogP contribution in [0.15, 0.2) is 54.6 Å². The van der Waals surface area contributed by atoms with Crippen LogP contribution in [0.3, 0.4) is 0 Å². The van der Waals surface area contributed by atoms with Crippen LogP contribution in [0.4, 0.5) is 5.69 Å². The molecule has 0 aliphatic carbocycles. The minimum Gasteiger partial charge on any atom is -0.481 e. The maximum absolute atomic E-state index is 12.1. The van der Waals surface area contributed by atoms with Crippen LogP contribution in [0.1, 0.15) is 19.4 Å². The fourth-order valence-corrected chi connectivity index (χ4v) is 1.94. The van der Waals surface area contributed by atoms with Crippen molar-refractivity contribution in [3.8, 4) is 5.75 Å². The molecule has 1 amide bonds. The molecule has 0 radical (unpaired) electrons. The summed E-state index contributed by atoms with van der Waals surface area (Å²) in [7, 11) is 0. The van der Waals surface area contributed by atoms with E-state index < -0.39 is 6.10 Å². The number of nitrogens with one attached hydrogen (secondary N) is 1. The molecule has 2 aromatic carbocycles. The van der Waals surface area contributed by atoms with Gasteiger partial charge < -0.3 is 10.1 Å². The normalized spacial score (nSPS) is 11.7. The third kappa shape index (κ3) is 3.60. The minimum atomic E-state index is -0.540. The first-order chi connectivity index (χ1) is 9.70. The molecule has 0 heterocycles. The summed E-state index contributed by atoms with van der Waals surface area (Å²) in [6.07, 6.45) is 0.340. The van der Waals surface area contributed by atoms with Gasteiger partial charge >= 0.3 is 0 Å². The van der Waals surface area contributed by atoms with E-state index in [1.807, 2.05) is 54.6 Å². The first-order valence-electron chi connectivity index (χ1n) is 6.81. The molecule has 20 heavy (non-hydrogen) atoms. The van der Waals surface area contributed by atoms with Crippen molar-refractivity contribution >= 4 is 11.6 Å². The first kappa shape index (κ1) is 14.1. The van der Waals surface area contributed by atoms with Crippen molar-refractivity contribution in [2.75, 3.05) is 5.32 Å². The lowest BCUT2D eigenvalue weighted by Gasteiger charge is -2.16. The van der Waals surface area contributed by atoms with Crippen LogP contribution in [-0.4, -0.2) is 12.0 Å². The first-order valence-corrected chi connectivity index (χ1v) is 6.81. The maximum Gasteiger partial charge on any atom is 0.265 e. The molecule has 0 spiro atoms. The molecule has 0 saturated carbocycles. The van der Waals surface area contributed by atoms with E-state index in [4.69, 9.17) is 4.74 Å². The molecule has 1 atom stereocenters. The maximum atomic E-state index is 12.1. The molecule has 3 nitrogen and oxygen atoms in total. The number of hydrogen-bond acceptors (Lipinski definition) is 2. The van der Waals surface area contributed by atoms with Crippen molar-refractivity contribution in [3.63, 3.8) is 0 Å². The minimum absolute atomic E-state index is 0.144. The fourth-order valence-electron chi connectivity index (χ4n) is 1.94. The Labute approximate surface area is 119 Å². The summed E-state index contributed by atoms with van der Waals surface area (Å²) < 4.78 is 5.61. The number of benzene rings is 2. The second-order valence-electron chi connectivity index (χ2n) is 4.57. The predicted octanol–water partition coefficient (Wildman–Crippen LogP) is 3.66. The van der Waals surface area contributed by atoms with Gasteiger partial charge in [0, 0.05) is 5.69 Å². The fraction of sp³-hybridized carbons (Fsp3) is 0.235. The highest BCUT2D eigenvalue weighted by atomic mass is 16.5. The number of ether oxygens (including phenoxy) is 1. The number of hydrogen-bond donors (Lipinski definition) is 1. The van der Waals surface area contributed by atoms with Gasteiger partial charge in [-0.15, -0.1) is 0 Å². The zero-order valence-corrected chi connectivity index (χ0v) is 11.8. The summed E-state index contributed by atoms with van der Waals surface area (Å²) in [5.41, 5.74) is 1.97. The quantitative estimate of drug-likeness (QED) is 0.899. The highest BCUT2D eigenvalue weighted by molar-refractivity contribution is 5.94. The third-order valence-electron chi connectivity index (χ3n) is 3.08. The molecule has 104 valence electrons. The van der Waals surface area contributed by atoms with E-state index in [0.717, 1.165) is 17.7 Å². The van der Waals surface area contributed by atoms with Crippen molar-refractivity contribution in [1.29, 1.82) is 0 Å². The molecule has 3 heteroatoms. The van der Waals surface area contributed by atoms with Gasteiger partial charge in [-0.1, -0.05) is 43.3 Å². The van der Waals surface area contributed by atoms with Crippen LogP contribution in [-0.2, 0) is 11.2 Å². The van der Waals surface area contributed by atoms with Crippen LogP contribution in [0, 0.1) is 0 Å². The average Bonchev–Trinajstić information content (AvgIpc) is 2.48. The summed E-state index contributed by atoms with van der Waals surface area (Å²) >= 11 is 0. The average molecular weight is 269 g/mol. The molecular weight excluding hydrogens is 250 g/mol. The largest absolute Gasteiger partial charge is 0.481 e. The lowest BCUT2D eigenvalue weighted by Crippen LogP contribution is -2.30. The van der Waals surface area contributed by atoms with Gasteiger partial charge in [0.15, 0.2) is 6.10 Å². The summed E-state index contributed by atoms with van der Waals surface area (Å²) in [6, 6.07) is 17.2. The highest BCUT2D eigenvalue weighted by Gasteiger charge is 2.15. The van der Waals surface area contributed by atoms with Crippen LogP contribution >= 0.6 is 0 Å². The van der Waals surface area contributed by atoms with E-state index in [0.29, 0.717) is 5.75 Å². The van der Waals surface area contributed by atoms with E-state index in [-0.39, 0.29) is 5.91 Å². The summed E-state index contributed by atoms with van der Waals surface area (Å²) in [5.74, 6) is 0.550. The smallest absolute Gasteiger partial charge is 0.265 e. The molecule has 0 bridgehead atoms. The van der Waals surface area contributed by atoms with E-state index in [1.165, 1.54) is 0 Å². The second kappa shape index (κ2) is 6.75. The van der Waals surface area contributed by atoms with Crippen molar-refractivity contribution in [1.82, 2.24) is 0 Å². The van der Waals surface area contributed by atoms with Gasteiger partial charge in [0.1, 0.15) is 5.75 Å². The lowest BCUT2D eigenvalue weighted by molar-refractivity contribution is -0.122. The Morgan fingerprint density at radius 3 is 2.45 bits per heavy atom. The monoisotopic (exact) mass is 269 g/mol. The Hall–Kier alpha value is -2.29. The van der Waals surface area contributed by atoms with Gasteiger partial charge in [0.25, 0.3) is 5.91 Å². The Balaban J connectivity index is 2.01. The Bertz CT molecular complexity index is 566. The van der Waals surface area contributed by atoms with Crippen molar-refractivity contribution in [2.24, 2.45) is 0 Å². The van der Waals surface area contributed by atoms with Crippen LogP contribution < -0.4 is 10.1 Å². The standard InChI is InChI=1S/C17H19NO2/c1-3-14-9-7-8-12-16(14)18-17(19)13(2)20-15-10-5-4-6-11-15/h4-13H,3H2,1-2H3,(H,18,19)/t13-/m1/s1. The number of anilines is 1. The Morgan fingerprint density at radius 2 is 1.75 bits per heavy atom. The van der Waals surface area contributed by atoms with Crippen LogP contribution in [0.2, 0.25) is 0 Å². The molecule has 1 N–H and O–H groups in total. The van der Waals surface area contributed by atoms with E-state index in [1.54, 1.807) is 6.92 Å². The highest BCUT2D eigenvalue weighted by Crippen LogP contribution is 2.17. The molecule has 0 unspecified atom stereocenters. The molecule has 2 aromatic rings. The van der Waals surface area contributed by atoms with Crippen molar-refractivity contribution < 1.29 is 9.53 Å². The van der Waals surface area contributed by atoms with Crippen molar-refractivity contribution in [2.45, 2.75) is 26.4 Å². The Morgan fingerprint density at radius 1 is 1.10 bits per heavy atom. The number of aryl methyl sites for hydroxylation is 1.